The highest BCUT2D eigenvalue weighted by Crippen LogP contribution is 2.29. The SMILES string of the molecule is CN1C[N+](c2ccccc2)=C(c2ccccc2)c2ccccc21. The van der Waals surface area contributed by atoms with Gasteiger partial charge >= 0.3 is 0 Å². The van der Waals surface area contributed by atoms with E-state index in [1.54, 1.807) is 0 Å². The van der Waals surface area contributed by atoms with Gasteiger partial charge in [-0.05, 0) is 24.3 Å². The minimum Gasteiger partial charge on any atom is -0.319 e. The van der Waals surface area contributed by atoms with Crippen LogP contribution in [0.15, 0.2) is 84.9 Å². The number of hydrogen-bond acceptors (Lipinski definition) is 1. The number of rotatable bonds is 2. The molecular weight excluding hydrogens is 280 g/mol. The monoisotopic (exact) mass is 299 g/mol. The molecule has 0 saturated heterocycles. The van der Waals surface area contributed by atoms with Crippen molar-refractivity contribution in [1.82, 2.24) is 0 Å². The van der Waals surface area contributed by atoms with Crippen molar-refractivity contribution in [3.8, 4) is 0 Å². The van der Waals surface area contributed by atoms with Crippen LogP contribution in [0.4, 0.5) is 11.4 Å². The van der Waals surface area contributed by atoms with Gasteiger partial charge in [-0.1, -0.05) is 48.5 Å². The van der Waals surface area contributed by atoms with E-state index in [4.69, 9.17) is 0 Å². The highest BCUT2D eigenvalue weighted by atomic mass is 15.3. The van der Waals surface area contributed by atoms with Crippen LogP contribution in [0.25, 0.3) is 0 Å². The summed E-state index contributed by atoms with van der Waals surface area (Å²) in [5, 5.41) is 0. The molecule has 0 bridgehead atoms. The average Bonchev–Trinajstić information content (AvgIpc) is 2.63. The lowest BCUT2D eigenvalue weighted by atomic mass is 9.98. The Morgan fingerprint density at radius 3 is 2.09 bits per heavy atom. The lowest BCUT2D eigenvalue weighted by molar-refractivity contribution is -0.439. The number of fused-ring (bicyclic) bond motifs is 1. The predicted molar refractivity (Wildman–Crippen MR) is 95.7 cm³/mol. The first-order chi connectivity index (χ1) is 11.3. The molecule has 1 aliphatic rings. The molecule has 3 aromatic rings. The fourth-order valence-corrected chi connectivity index (χ4v) is 3.24. The van der Waals surface area contributed by atoms with Gasteiger partial charge in [0.2, 0.25) is 18.1 Å². The lowest BCUT2D eigenvalue weighted by Crippen LogP contribution is -2.37. The van der Waals surface area contributed by atoms with E-state index in [2.05, 4.69) is 101 Å². The highest BCUT2D eigenvalue weighted by Gasteiger charge is 2.30. The van der Waals surface area contributed by atoms with E-state index < -0.39 is 0 Å². The molecule has 0 N–H and O–H groups in total. The molecule has 0 unspecified atom stereocenters. The van der Waals surface area contributed by atoms with Crippen molar-refractivity contribution in [2.45, 2.75) is 0 Å². The van der Waals surface area contributed by atoms with Gasteiger partial charge in [0, 0.05) is 24.7 Å². The Balaban J connectivity index is 2.02. The van der Waals surface area contributed by atoms with Crippen molar-refractivity contribution in [2.75, 3.05) is 18.6 Å². The van der Waals surface area contributed by atoms with Crippen LogP contribution in [-0.2, 0) is 0 Å². The maximum Gasteiger partial charge on any atom is 0.224 e. The first-order valence-electron chi connectivity index (χ1n) is 7.90. The van der Waals surface area contributed by atoms with Gasteiger partial charge in [-0.3, -0.25) is 0 Å². The fourth-order valence-electron chi connectivity index (χ4n) is 3.24. The summed E-state index contributed by atoms with van der Waals surface area (Å²) >= 11 is 0. The van der Waals surface area contributed by atoms with E-state index in [1.807, 2.05) is 0 Å². The summed E-state index contributed by atoms with van der Waals surface area (Å²) in [5.74, 6) is 0. The zero-order valence-electron chi connectivity index (χ0n) is 13.2. The van der Waals surface area contributed by atoms with Crippen LogP contribution in [0, 0.1) is 0 Å². The highest BCUT2D eigenvalue weighted by molar-refractivity contribution is 6.14. The van der Waals surface area contributed by atoms with Gasteiger partial charge in [-0.15, -0.1) is 0 Å². The molecule has 2 nitrogen and oxygen atoms in total. The molecule has 23 heavy (non-hydrogen) atoms. The molecule has 0 radical (unpaired) electrons. The molecule has 0 atom stereocenters. The molecule has 112 valence electrons. The lowest BCUT2D eigenvalue weighted by Gasteiger charge is -2.26. The molecule has 0 fully saturated rings. The Morgan fingerprint density at radius 2 is 1.35 bits per heavy atom. The number of hydrogen-bond donors (Lipinski definition) is 0. The van der Waals surface area contributed by atoms with Crippen molar-refractivity contribution < 1.29 is 4.58 Å². The second-order valence-corrected chi connectivity index (χ2v) is 5.83. The van der Waals surface area contributed by atoms with Gasteiger partial charge in [0.05, 0.1) is 11.3 Å². The van der Waals surface area contributed by atoms with E-state index in [1.165, 1.54) is 28.2 Å². The zero-order valence-corrected chi connectivity index (χ0v) is 13.2. The Hall–Kier alpha value is -2.87. The summed E-state index contributed by atoms with van der Waals surface area (Å²) in [6.07, 6.45) is 0. The minimum absolute atomic E-state index is 0.839. The zero-order chi connectivity index (χ0) is 15.6. The van der Waals surface area contributed by atoms with Crippen molar-refractivity contribution in [1.29, 1.82) is 0 Å². The van der Waals surface area contributed by atoms with Gasteiger partial charge in [0.25, 0.3) is 0 Å². The summed E-state index contributed by atoms with van der Waals surface area (Å²) in [6.45, 7) is 0.839. The largest absolute Gasteiger partial charge is 0.319 e. The summed E-state index contributed by atoms with van der Waals surface area (Å²) in [4.78, 5) is 2.30. The van der Waals surface area contributed by atoms with Gasteiger partial charge in [0.15, 0.2) is 0 Å². The number of nitrogens with zero attached hydrogens (tertiary/aromatic N) is 2. The second-order valence-electron chi connectivity index (χ2n) is 5.83. The number of benzene rings is 3. The van der Waals surface area contributed by atoms with E-state index in [-0.39, 0.29) is 0 Å². The van der Waals surface area contributed by atoms with E-state index >= 15 is 0 Å². The molecule has 0 aliphatic carbocycles. The predicted octanol–water partition coefficient (Wildman–Crippen LogP) is 4.28. The fraction of sp³-hybridized carbons (Fsp3) is 0.0952. The van der Waals surface area contributed by atoms with Crippen molar-refractivity contribution in [3.63, 3.8) is 0 Å². The normalized spacial score (nSPS) is 13.9. The molecule has 2 heteroatoms. The molecule has 1 heterocycles. The quantitative estimate of drug-likeness (QED) is 0.640. The van der Waals surface area contributed by atoms with Gasteiger partial charge in [0.1, 0.15) is 0 Å². The molecular formula is C21H19N2+. The van der Waals surface area contributed by atoms with Gasteiger partial charge < -0.3 is 4.90 Å². The van der Waals surface area contributed by atoms with Crippen LogP contribution in [0.1, 0.15) is 11.1 Å². The maximum atomic E-state index is 2.39. The van der Waals surface area contributed by atoms with E-state index in [0.29, 0.717) is 0 Å². The third-order valence-electron chi connectivity index (χ3n) is 4.31. The Labute approximate surface area is 136 Å². The summed E-state index contributed by atoms with van der Waals surface area (Å²) in [7, 11) is 2.15. The van der Waals surface area contributed by atoms with Crippen LogP contribution in [0.3, 0.4) is 0 Å². The van der Waals surface area contributed by atoms with Gasteiger partial charge in [-0.25, -0.2) is 0 Å². The first-order valence-corrected chi connectivity index (χ1v) is 7.90. The molecule has 0 saturated carbocycles. The summed E-state index contributed by atoms with van der Waals surface area (Å²) < 4.78 is 2.39. The van der Waals surface area contributed by atoms with Crippen molar-refractivity contribution in [2.24, 2.45) is 0 Å². The van der Waals surface area contributed by atoms with Gasteiger partial charge in [-0.2, -0.15) is 4.58 Å². The second kappa shape index (κ2) is 5.73. The average molecular weight is 299 g/mol. The number of anilines is 1. The van der Waals surface area contributed by atoms with Crippen molar-refractivity contribution in [3.05, 3.63) is 96.1 Å². The third-order valence-corrected chi connectivity index (χ3v) is 4.31. The topological polar surface area (TPSA) is 6.25 Å². The molecule has 1 aliphatic heterocycles. The Kier molecular flexibility index (Phi) is 3.43. The Bertz CT molecular complexity index is 851. The minimum atomic E-state index is 0.839. The third kappa shape index (κ3) is 2.42. The van der Waals surface area contributed by atoms with Crippen LogP contribution in [0.2, 0.25) is 0 Å². The molecule has 4 rings (SSSR count). The van der Waals surface area contributed by atoms with Crippen LogP contribution < -0.4 is 4.90 Å². The first kappa shape index (κ1) is 13.8. The smallest absolute Gasteiger partial charge is 0.224 e. The van der Waals surface area contributed by atoms with E-state index in [9.17, 15) is 0 Å². The maximum absolute atomic E-state index is 2.39. The van der Waals surface area contributed by atoms with Crippen molar-refractivity contribution >= 4 is 17.1 Å². The molecule has 0 aromatic heterocycles. The summed E-state index contributed by atoms with van der Waals surface area (Å²) in [6, 6.07) is 29.9. The molecule has 3 aromatic carbocycles. The standard InChI is InChI=1S/C21H19N2/c1-22-16-23(18-12-6-3-7-13-18)21(17-10-4-2-5-11-17)19-14-8-9-15-20(19)22/h2-15H,16H2,1H3/q+1. The summed E-state index contributed by atoms with van der Waals surface area (Å²) in [5.41, 5.74) is 6.28. The van der Waals surface area contributed by atoms with Crippen LogP contribution in [-0.4, -0.2) is 24.0 Å². The van der Waals surface area contributed by atoms with Crippen LogP contribution >= 0.6 is 0 Å². The van der Waals surface area contributed by atoms with Crippen LogP contribution in [0.5, 0.6) is 0 Å². The molecule has 0 spiro atoms. The number of para-hydroxylation sites is 2. The van der Waals surface area contributed by atoms with E-state index in [0.717, 1.165) is 6.67 Å². The Morgan fingerprint density at radius 1 is 0.739 bits per heavy atom. The molecule has 0 amide bonds.